The number of aldehydes is 1. The van der Waals surface area contributed by atoms with E-state index in [4.69, 9.17) is 9.47 Å². The normalized spacial score (nSPS) is 12.7. The average Bonchev–Trinajstić information content (AvgIpc) is 3.28. The van der Waals surface area contributed by atoms with Crippen molar-refractivity contribution in [1.29, 1.82) is 0 Å². The Hall–Kier alpha value is -3.92. The summed E-state index contributed by atoms with van der Waals surface area (Å²) in [5.74, 6) is -2.09. The van der Waals surface area contributed by atoms with Gasteiger partial charge in [-0.05, 0) is 45.0 Å². The number of hydrogen-bond acceptors (Lipinski definition) is 8. The zero-order chi connectivity index (χ0) is 32.6. The number of imidazole rings is 1. The van der Waals surface area contributed by atoms with E-state index in [-0.39, 0.29) is 41.6 Å². The number of ether oxygens (including phenoxy) is 3. The molecule has 1 aromatic carbocycles. The molecule has 16 heteroatoms. The molecule has 0 aliphatic rings. The molecule has 0 saturated carbocycles. The number of nitrogens with one attached hydrogen (secondary N) is 3. The Kier molecular flexibility index (Phi) is 11.9. The van der Waals surface area contributed by atoms with E-state index in [1.165, 1.54) is 22.9 Å². The summed E-state index contributed by atoms with van der Waals surface area (Å²) in [4.78, 5) is 52.2. The third-order valence-electron chi connectivity index (χ3n) is 5.60. The van der Waals surface area contributed by atoms with Crippen LogP contribution in [0.3, 0.4) is 0 Å². The van der Waals surface area contributed by atoms with Crippen molar-refractivity contribution in [2.24, 2.45) is 0 Å². The summed E-state index contributed by atoms with van der Waals surface area (Å²) in [5, 5.41) is 6.75. The van der Waals surface area contributed by atoms with Gasteiger partial charge < -0.3 is 34.2 Å². The van der Waals surface area contributed by atoms with Gasteiger partial charge >= 0.3 is 24.3 Å². The lowest BCUT2D eigenvalue weighted by Crippen LogP contribution is -2.36. The van der Waals surface area contributed by atoms with Crippen LogP contribution in [0.2, 0.25) is 25.7 Å². The van der Waals surface area contributed by atoms with Gasteiger partial charge in [0, 0.05) is 38.5 Å². The van der Waals surface area contributed by atoms with Crippen molar-refractivity contribution < 1.29 is 46.6 Å². The number of rotatable bonds is 12. The molecule has 12 nitrogen and oxygen atoms in total. The summed E-state index contributed by atoms with van der Waals surface area (Å²) in [5.41, 5.74) is -0.973. The van der Waals surface area contributed by atoms with Crippen LogP contribution in [0.1, 0.15) is 39.1 Å². The Labute approximate surface area is 248 Å². The Morgan fingerprint density at radius 2 is 1.77 bits per heavy atom. The summed E-state index contributed by atoms with van der Waals surface area (Å²) in [7, 11) is -0.327. The van der Waals surface area contributed by atoms with Crippen molar-refractivity contribution in [2.75, 3.05) is 24.4 Å². The Balaban J connectivity index is 2.60. The predicted molar refractivity (Wildman–Crippen MR) is 155 cm³/mol. The molecule has 0 saturated heterocycles. The summed E-state index contributed by atoms with van der Waals surface area (Å²) >= 11 is 0. The van der Waals surface area contributed by atoms with Crippen molar-refractivity contribution in [3.8, 4) is 11.3 Å². The number of carbonyl (C=O) groups excluding carboxylic acids is 4. The van der Waals surface area contributed by atoms with Crippen molar-refractivity contribution >= 4 is 43.8 Å². The number of alkyl carbamates (subject to hydrolysis) is 1. The minimum absolute atomic E-state index is 0.0350. The van der Waals surface area contributed by atoms with Gasteiger partial charge in [-0.25, -0.2) is 14.6 Å². The molecule has 238 valence electrons. The van der Waals surface area contributed by atoms with E-state index in [1.54, 1.807) is 20.8 Å². The quantitative estimate of drug-likeness (QED) is 0.154. The fourth-order valence-electron chi connectivity index (χ4n) is 3.57. The summed E-state index contributed by atoms with van der Waals surface area (Å²) in [6, 6.07) is 3.69. The van der Waals surface area contributed by atoms with Crippen LogP contribution < -0.4 is 16.0 Å². The first-order valence-electron chi connectivity index (χ1n) is 13.3. The van der Waals surface area contributed by atoms with Crippen LogP contribution in [0.5, 0.6) is 0 Å². The first-order valence-corrected chi connectivity index (χ1v) is 17.0. The maximum absolute atomic E-state index is 13.2. The van der Waals surface area contributed by atoms with Crippen LogP contribution in [0, 0.1) is 0 Å². The monoisotopic (exact) mass is 629 g/mol. The van der Waals surface area contributed by atoms with Crippen LogP contribution in [0.4, 0.5) is 34.1 Å². The topological polar surface area (TPSA) is 150 Å². The van der Waals surface area contributed by atoms with Gasteiger partial charge in [-0.15, -0.1) is 0 Å². The predicted octanol–water partition coefficient (Wildman–Crippen LogP) is 5.70. The molecule has 0 fully saturated rings. The number of halogens is 3. The van der Waals surface area contributed by atoms with E-state index < -0.39 is 44.0 Å². The molecular formula is C27H38F3N5O7Si. The van der Waals surface area contributed by atoms with Crippen molar-refractivity contribution in [2.45, 2.75) is 77.4 Å². The van der Waals surface area contributed by atoms with Gasteiger partial charge in [0.05, 0.1) is 24.5 Å². The third kappa shape index (κ3) is 11.7. The van der Waals surface area contributed by atoms with Crippen LogP contribution in [0.25, 0.3) is 11.3 Å². The molecule has 0 radical (unpaired) electrons. The Bertz CT molecular complexity index is 1300. The number of methoxy groups -OCH3 is 1. The minimum atomic E-state index is -5.20. The maximum Gasteiger partial charge on any atom is 0.471 e. The third-order valence-corrected chi connectivity index (χ3v) is 7.31. The smallest absolute Gasteiger partial charge is 0.453 e. The number of amides is 3. The van der Waals surface area contributed by atoms with Crippen molar-refractivity contribution in [3.63, 3.8) is 0 Å². The van der Waals surface area contributed by atoms with E-state index in [0.717, 1.165) is 19.2 Å². The number of hydrogen-bond donors (Lipinski definition) is 3. The summed E-state index contributed by atoms with van der Waals surface area (Å²) in [6.45, 7) is 11.9. The molecular weight excluding hydrogens is 591 g/mol. The van der Waals surface area contributed by atoms with E-state index in [1.807, 2.05) is 5.32 Å². The number of benzene rings is 1. The zero-order valence-electron chi connectivity index (χ0n) is 25.2. The highest BCUT2D eigenvalue weighted by Crippen LogP contribution is 2.33. The maximum atomic E-state index is 13.2. The van der Waals surface area contributed by atoms with Gasteiger partial charge in [-0.3, -0.25) is 10.1 Å². The van der Waals surface area contributed by atoms with E-state index >= 15 is 0 Å². The van der Waals surface area contributed by atoms with E-state index in [9.17, 15) is 32.3 Å². The summed E-state index contributed by atoms with van der Waals surface area (Å²) in [6.07, 6.45) is -5.06. The highest BCUT2D eigenvalue weighted by atomic mass is 28.3. The van der Waals surface area contributed by atoms with Gasteiger partial charge in [-0.1, -0.05) is 19.6 Å². The number of aromatic nitrogens is 2. The lowest BCUT2D eigenvalue weighted by atomic mass is 10.1. The van der Waals surface area contributed by atoms with Gasteiger partial charge in [0.2, 0.25) is 0 Å². The van der Waals surface area contributed by atoms with Gasteiger partial charge in [0.15, 0.2) is 0 Å². The summed E-state index contributed by atoms with van der Waals surface area (Å²) < 4.78 is 56.7. The molecule has 0 aliphatic carbocycles. The van der Waals surface area contributed by atoms with Crippen LogP contribution in [0.15, 0.2) is 24.4 Å². The molecule has 0 bridgehead atoms. The van der Waals surface area contributed by atoms with E-state index in [2.05, 4.69) is 40.0 Å². The lowest BCUT2D eigenvalue weighted by Gasteiger charge is -2.23. The largest absolute Gasteiger partial charge is 0.471 e. The zero-order valence-corrected chi connectivity index (χ0v) is 26.2. The molecule has 1 heterocycles. The molecule has 0 aliphatic heterocycles. The second-order valence-corrected chi connectivity index (χ2v) is 17.4. The fourth-order valence-corrected chi connectivity index (χ4v) is 4.33. The minimum Gasteiger partial charge on any atom is -0.453 e. The second-order valence-electron chi connectivity index (χ2n) is 11.7. The number of anilines is 2. The molecule has 2 aromatic rings. The molecule has 0 spiro atoms. The van der Waals surface area contributed by atoms with Crippen LogP contribution in [-0.2, 0) is 30.5 Å². The number of alkyl halides is 3. The van der Waals surface area contributed by atoms with Crippen molar-refractivity contribution in [3.05, 3.63) is 30.2 Å². The Morgan fingerprint density at radius 3 is 2.33 bits per heavy atom. The standard InChI is InChI=1S/C27H38F3N5O7Si/c1-26(2,3)42-25(39)34-19(10-11-36)22-32-21(15-35(22)16-41-12-13-43(5,6)7)18-9-8-17(31-24(38)40-4)14-20(18)33-23(37)27(28,29)30/h8-9,11,14-15,19H,10,12-13,16H2,1-7H3,(H,31,38)(H,33,37)(H,34,39)/t19-/m0/s1. The Morgan fingerprint density at radius 1 is 1.09 bits per heavy atom. The molecule has 3 N–H and O–H groups in total. The number of carbonyl (C=O) groups is 4. The van der Waals surface area contributed by atoms with Crippen LogP contribution >= 0.6 is 0 Å². The molecule has 3 amide bonds. The first kappa shape index (κ1) is 35.3. The highest BCUT2D eigenvalue weighted by molar-refractivity contribution is 6.76. The molecule has 2 rings (SSSR count). The molecule has 1 atom stereocenters. The molecule has 0 unspecified atom stereocenters. The first-order chi connectivity index (χ1) is 19.8. The average molecular weight is 630 g/mol. The number of nitrogens with zero attached hydrogens (tertiary/aromatic N) is 2. The fraction of sp³-hybridized carbons (Fsp3) is 0.519. The molecule has 1 aromatic heterocycles. The van der Waals surface area contributed by atoms with Crippen molar-refractivity contribution in [1.82, 2.24) is 14.9 Å². The lowest BCUT2D eigenvalue weighted by molar-refractivity contribution is -0.167. The van der Waals surface area contributed by atoms with Gasteiger partial charge in [0.1, 0.15) is 24.4 Å². The molecule has 43 heavy (non-hydrogen) atoms. The second kappa shape index (κ2) is 14.5. The SMILES string of the molecule is COC(=O)Nc1ccc(-c2cn(COCC[Si](C)(C)C)c([C@H](CC=O)NC(=O)OC(C)(C)C)n2)c(NC(=O)C(F)(F)F)c1. The van der Waals surface area contributed by atoms with Gasteiger partial charge in [0.25, 0.3) is 0 Å². The van der Waals surface area contributed by atoms with E-state index in [0.29, 0.717) is 12.9 Å². The van der Waals surface area contributed by atoms with Gasteiger partial charge in [-0.2, -0.15) is 13.2 Å². The highest BCUT2D eigenvalue weighted by Gasteiger charge is 2.39. The van der Waals surface area contributed by atoms with Crippen LogP contribution in [-0.4, -0.2) is 67.5 Å².